The van der Waals surface area contributed by atoms with Crippen LogP contribution in [0.4, 0.5) is 13.2 Å². The zero-order valence-corrected chi connectivity index (χ0v) is 17.0. The molecular weight excluding hydrogens is 401 g/mol. The average Bonchev–Trinajstić information content (AvgIpc) is 2.98. The highest BCUT2D eigenvalue weighted by atomic mass is 32.2. The van der Waals surface area contributed by atoms with Crippen molar-refractivity contribution >= 4 is 17.7 Å². The van der Waals surface area contributed by atoms with Gasteiger partial charge in [-0.25, -0.2) is 0 Å². The van der Waals surface area contributed by atoms with Crippen molar-refractivity contribution in [3.05, 3.63) is 42.3 Å². The van der Waals surface area contributed by atoms with Crippen LogP contribution in [0.2, 0.25) is 0 Å². The number of nitrogens with zero attached hydrogens (tertiary/aromatic N) is 1. The standard InChI is InChI=1S/C21H25F3N2O2S/c1-14-25-17(11-28-14)5-6-19(27)26-12-20(13-26)9-16(10-20)7-15-3-2-4-18(8-15)29-21(22,23)24/h2-4,8,16-17,25H,1,5-7,9-13H2/t17-/m1/s1. The maximum Gasteiger partial charge on any atom is 0.446 e. The van der Waals surface area contributed by atoms with Gasteiger partial charge < -0.3 is 15.0 Å². The van der Waals surface area contributed by atoms with Crippen LogP contribution in [0.25, 0.3) is 0 Å². The maximum absolute atomic E-state index is 12.5. The summed E-state index contributed by atoms with van der Waals surface area (Å²) >= 11 is -0.0610. The largest absolute Gasteiger partial charge is 0.478 e. The lowest BCUT2D eigenvalue weighted by atomic mass is 9.56. The van der Waals surface area contributed by atoms with Crippen LogP contribution < -0.4 is 5.32 Å². The minimum absolute atomic E-state index is 0.0610. The van der Waals surface area contributed by atoms with Crippen LogP contribution in [0, 0.1) is 11.3 Å². The highest BCUT2D eigenvalue weighted by molar-refractivity contribution is 8.00. The van der Waals surface area contributed by atoms with E-state index in [-0.39, 0.29) is 34.0 Å². The first kappa shape index (κ1) is 20.4. The van der Waals surface area contributed by atoms with E-state index >= 15 is 0 Å². The summed E-state index contributed by atoms with van der Waals surface area (Å²) in [4.78, 5) is 14.5. The number of halogens is 3. The molecule has 1 amide bonds. The molecule has 1 saturated carbocycles. The molecule has 1 aromatic carbocycles. The number of alkyl halides is 3. The molecule has 2 aliphatic heterocycles. The zero-order chi connectivity index (χ0) is 20.6. The van der Waals surface area contributed by atoms with Gasteiger partial charge in [0.25, 0.3) is 0 Å². The molecule has 2 heterocycles. The Kier molecular flexibility index (Phi) is 5.48. The molecule has 1 atom stereocenters. The summed E-state index contributed by atoms with van der Waals surface area (Å²) in [6.07, 6.45) is 4.16. The van der Waals surface area contributed by atoms with Gasteiger partial charge in [0.05, 0.1) is 6.04 Å². The van der Waals surface area contributed by atoms with Gasteiger partial charge in [-0.2, -0.15) is 13.2 Å². The van der Waals surface area contributed by atoms with Crippen LogP contribution in [0.15, 0.2) is 41.6 Å². The summed E-state index contributed by atoms with van der Waals surface area (Å²) < 4.78 is 42.9. The van der Waals surface area contributed by atoms with E-state index in [1.165, 1.54) is 6.07 Å². The molecule has 0 unspecified atom stereocenters. The van der Waals surface area contributed by atoms with Crippen LogP contribution in [-0.2, 0) is 16.0 Å². The quantitative estimate of drug-likeness (QED) is 0.688. The van der Waals surface area contributed by atoms with Crippen molar-refractivity contribution in [2.24, 2.45) is 11.3 Å². The molecule has 4 rings (SSSR count). The van der Waals surface area contributed by atoms with E-state index in [4.69, 9.17) is 4.74 Å². The summed E-state index contributed by atoms with van der Waals surface area (Å²) in [5, 5.41) is 3.12. The molecule has 1 N–H and O–H groups in total. The molecule has 1 aromatic rings. The molecule has 0 radical (unpaired) electrons. The number of rotatable bonds is 6. The Morgan fingerprint density at radius 2 is 2.10 bits per heavy atom. The number of carbonyl (C=O) groups is 1. The highest BCUT2D eigenvalue weighted by Crippen LogP contribution is 2.53. The Balaban J connectivity index is 1.18. The van der Waals surface area contributed by atoms with Crippen molar-refractivity contribution in [3.63, 3.8) is 0 Å². The van der Waals surface area contributed by atoms with E-state index < -0.39 is 5.51 Å². The maximum atomic E-state index is 12.5. The smallest absolute Gasteiger partial charge is 0.446 e. The minimum Gasteiger partial charge on any atom is -0.478 e. The molecule has 1 aliphatic carbocycles. The SMILES string of the molecule is C=C1N[C@H](CCC(=O)N2CC3(CC(Cc4cccc(SC(F)(F)F)c4)C3)C2)CO1. The first-order valence-electron chi connectivity index (χ1n) is 9.90. The van der Waals surface area contributed by atoms with Gasteiger partial charge in [0.2, 0.25) is 5.91 Å². The van der Waals surface area contributed by atoms with Crippen LogP contribution in [0.1, 0.15) is 31.2 Å². The summed E-state index contributed by atoms with van der Waals surface area (Å²) in [5.41, 5.74) is -3.06. The van der Waals surface area contributed by atoms with Gasteiger partial charge in [-0.3, -0.25) is 4.79 Å². The molecule has 3 fully saturated rings. The fourth-order valence-electron chi connectivity index (χ4n) is 4.83. The summed E-state index contributed by atoms with van der Waals surface area (Å²) in [6, 6.07) is 6.91. The lowest BCUT2D eigenvalue weighted by molar-refractivity contribution is -0.155. The summed E-state index contributed by atoms with van der Waals surface area (Å²) in [7, 11) is 0. The van der Waals surface area contributed by atoms with Gasteiger partial charge in [0, 0.05) is 29.8 Å². The number of benzene rings is 1. The van der Waals surface area contributed by atoms with Crippen molar-refractivity contribution in [2.75, 3.05) is 19.7 Å². The number of thioether (sulfide) groups is 1. The molecule has 0 aromatic heterocycles. The molecule has 2 saturated heterocycles. The molecule has 4 nitrogen and oxygen atoms in total. The Bertz CT molecular complexity index is 784. The fraction of sp³-hybridized carbons (Fsp3) is 0.571. The van der Waals surface area contributed by atoms with Crippen molar-refractivity contribution in [1.29, 1.82) is 0 Å². The predicted molar refractivity (Wildman–Crippen MR) is 105 cm³/mol. The van der Waals surface area contributed by atoms with Crippen molar-refractivity contribution in [2.45, 2.75) is 48.5 Å². The van der Waals surface area contributed by atoms with Gasteiger partial charge >= 0.3 is 5.51 Å². The second-order valence-corrected chi connectivity index (χ2v) is 9.68. The van der Waals surface area contributed by atoms with E-state index in [9.17, 15) is 18.0 Å². The van der Waals surface area contributed by atoms with Gasteiger partial charge in [-0.05, 0) is 67.6 Å². The highest BCUT2D eigenvalue weighted by Gasteiger charge is 2.53. The van der Waals surface area contributed by atoms with E-state index in [1.807, 2.05) is 11.0 Å². The van der Waals surface area contributed by atoms with Crippen molar-refractivity contribution < 1.29 is 22.7 Å². The zero-order valence-electron chi connectivity index (χ0n) is 16.1. The number of hydrogen-bond acceptors (Lipinski definition) is 4. The third-order valence-electron chi connectivity index (χ3n) is 6.04. The number of nitrogens with one attached hydrogen (secondary N) is 1. The predicted octanol–water partition coefficient (Wildman–Crippen LogP) is 4.32. The normalized spacial score (nSPS) is 23.3. The molecule has 29 heavy (non-hydrogen) atoms. The van der Waals surface area contributed by atoms with E-state index in [0.717, 1.165) is 44.3 Å². The molecule has 0 bridgehead atoms. The van der Waals surface area contributed by atoms with Crippen molar-refractivity contribution in [1.82, 2.24) is 10.2 Å². The van der Waals surface area contributed by atoms with Gasteiger partial charge in [-0.15, -0.1) is 0 Å². The Morgan fingerprint density at radius 3 is 2.76 bits per heavy atom. The van der Waals surface area contributed by atoms with Crippen LogP contribution in [-0.4, -0.2) is 42.1 Å². The molecule has 158 valence electrons. The number of amides is 1. The van der Waals surface area contributed by atoms with Crippen LogP contribution >= 0.6 is 11.8 Å². The summed E-state index contributed by atoms with van der Waals surface area (Å²) in [6.45, 7) is 5.91. The van der Waals surface area contributed by atoms with Gasteiger partial charge in [0.15, 0.2) is 5.88 Å². The number of carbonyl (C=O) groups excluding carboxylic acids is 1. The van der Waals surface area contributed by atoms with E-state index in [1.54, 1.807) is 12.1 Å². The lowest BCUT2D eigenvalue weighted by Gasteiger charge is -2.59. The number of hydrogen-bond donors (Lipinski definition) is 1. The third kappa shape index (κ3) is 5.02. The van der Waals surface area contributed by atoms with Crippen molar-refractivity contribution in [3.8, 4) is 0 Å². The molecule has 3 aliphatic rings. The molecule has 8 heteroatoms. The lowest BCUT2D eigenvalue weighted by Crippen LogP contribution is -2.64. The molecule has 1 spiro atoms. The first-order chi connectivity index (χ1) is 13.7. The van der Waals surface area contributed by atoms with Crippen LogP contribution in [0.5, 0.6) is 0 Å². The second-order valence-electron chi connectivity index (χ2n) is 8.54. The minimum atomic E-state index is -4.25. The van der Waals surface area contributed by atoms with Gasteiger partial charge in [-0.1, -0.05) is 12.1 Å². The Hall–Kier alpha value is -1.83. The topological polar surface area (TPSA) is 41.6 Å². The second kappa shape index (κ2) is 7.78. The Labute approximate surface area is 172 Å². The average molecular weight is 427 g/mol. The van der Waals surface area contributed by atoms with Crippen LogP contribution in [0.3, 0.4) is 0 Å². The molecular formula is C21H25F3N2O2S. The summed E-state index contributed by atoms with van der Waals surface area (Å²) in [5.74, 6) is 1.26. The Morgan fingerprint density at radius 1 is 1.34 bits per heavy atom. The number of likely N-dealkylation sites (tertiary alicyclic amines) is 1. The van der Waals surface area contributed by atoms with E-state index in [2.05, 4.69) is 11.9 Å². The third-order valence-corrected chi connectivity index (χ3v) is 6.76. The first-order valence-corrected chi connectivity index (χ1v) is 10.7. The van der Waals surface area contributed by atoms with Gasteiger partial charge in [0.1, 0.15) is 6.61 Å². The number of ether oxygens (including phenoxy) is 1. The van der Waals surface area contributed by atoms with E-state index in [0.29, 0.717) is 24.8 Å². The fourth-order valence-corrected chi connectivity index (χ4v) is 5.46. The monoisotopic (exact) mass is 426 g/mol.